The van der Waals surface area contributed by atoms with E-state index in [1.54, 1.807) is 0 Å². The number of piperidine rings is 2. The van der Waals surface area contributed by atoms with Crippen LogP contribution in [0.4, 0.5) is 0 Å². The smallest absolute Gasteiger partial charge is 0.136 e. The second-order valence-corrected chi connectivity index (χ2v) is 6.22. The van der Waals surface area contributed by atoms with E-state index in [0.29, 0.717) is 23.9 Å². The van der Waals surface area contributed by atoms with Gasteiger partial charge in [0.25, 0.3) is 0 Å². The first-order chi connectivity index (χ1) is 9.15. The van der Waals surface area contributed by atoms with E-state index in [1.807, 2.05) is 0 Å². The molecule has 2 heterocycles. The summed E-state index contributed by atoms with van der Waals surface area (Å²) in [5.41, 5.74) is 2.70. The van der Waals surface area contributed by atoms with Crippen molar-refractivity contribution in [3.05, 3.63) is 35.4 Å². The van der Waals surface area contributed by atoms with Crippen LogP contribution in [-0.4, -0.2) is 22.8 Å². The molecule has 2 nitrogen and oxygen atoms in total. The summed E-state index contributed by atoms with van der Waals surface area (Å²) >= 11 is 0. The van der Waals surface area contributed by atoms with Crippen LogP contribution in [0.5, 0.6) is 0 Å². The van der Waals surface area contributed by atoms with Gasteiger partial charge in [-0.1, -0.05) is 36.2 Å². The average Bonchev–Trinajstić information content (AvgIpc) is 2.37. The maximum absolute atomic E-state index is 11.8. The summed E-state index contributed by atoms with van der Waals surface area (Å²) in [4.78, 5) is 14.4. The van der Waals surface area contributed by atoms with Crippen LogP contribution in [0.3, 0.4) is 0 Å². The van der Waals surface area contributed by atoms with Crippen molar-refractivity contribution in [1.82, 2.24) is 4.90 Å². The highest BCUT2D eigenvalue weighted by Gasteiger charge is 2.39. The highest BCUT2D eigenvalue weighted by molar-refractivity contribution is 5.80. The molecular formula is C17H23NO. The van der Waals surface area contributed by atoms with Crippen molar-refractivity contribution in [2.75, 3.05) is 0 Å². The molecule has 0 radical (unpaired) electrons. The van der Waals surface area contributed by atoms with Crippen molar-refractivity contribution in [3.63, 3.8) is 0 Å². The number of benzene rings is 1. The Morgan fingerprint density at radius 1 is 1.11 bits per heavy atom. The lowest BCUT2D eigenvalue weighted by atomic mass is 9.82. The number of carbonyl (C=O) groups is 1. The minimum absolute atomic E-state index is 0.434. The molecule has 1 aromatic rings. The van der Waals surface area contributed by atoms with Gasteiger partial charge in [-0.15, -0.1) is 0 Å². The molecular weight excluding hydrogens is 234 g/mol. The van der Waals surface area contributed by atoms with Crippen LogP contribution in [0, 0.1) is 6.92 Å². The first-order valence-electron chi connectivity index (χ1n) is 7.51. The lowest BCUT2D eigenvalue weighted by Gasteiger charge is -2.48. The SMILES string of the molecule is Cc1ccc(C(C)N2C3CCCC2CC(=O)C3)cc1. The van der Waals surface area contributed by atoms with E-state index in [1.165, 1.54) is 30.4 Å². The molecule has 3 rings (SSSR count). The molecule has 2 aliphatic rings. The van der Waals surface area contributed by atoms with Crippen LogP contribution in [0.25, 0.3) is 0 Å². The van der Waals surface area contributed by atoms with E-state index < -0.39 is 0 Å². The van der Waals surface area contributed by atoms with Gasteiger partial charge in [0.1, 0.15) is 5.78 Å². The largest absolute Gasteiger partial charge is 0.300 e. The van der Waals surface area contributed by atoms with E-state index >= 15 is 0 Å². The predicted octanol–water partition coefficient (Wildman–Crippen LogP) is 3.64. The standard InChI is InChI=1S/C17H23NO/c1-12-6-8-14(9-7-12)13(2)18-15-4-3-5-16(18)11-17(19)10-15/h6-9,13,15-16H,3-5,10-11H2,1-2H3. The van der Waals surface area contributed by atoms with Gasteiger partial charge in [-0.25, -0.2) is 0 Å². The van der Waals surface area contributed by atoms with Crippen LogP contribution in [0.2, 0.25) is 0 Å². The van der Waals surface area contributed by atoms with Crippen molar-refractivity contribution in [2.45, 2.75) is 64.1 Å². The van der Waals surface area contributed by atoms with Crippen LogP contribution in [0.1, 0.15) is 56.2 Å². The van der Waals surface area contributed by atoms with Crippen LogP contribution >= 0.6 is 0 Å². The summed E-state index contributed by atoms with van der Waals surface area (Å²) in [6, 6.07) is 10.3. The van der Waals surface area contributed by atoms with Gasteiger partial charge in [0.2, 0.25) is 0 Å². The number of aryl methyl sites for hydroxylation is 1. The Labute approximate surface area is 115 Å². The van der Waals surface area contributed by atoms with Crippen LogP contribution in [-0.2, 0) is 4.79 Å². The molecule has 0 N–H and O–H groups in total. The summed E-state index contributed by atoms with van der Waals surface area (Å²) in [5, 5.41) is 0. The van der Waals surface area contributed by atoms with Crippen LogP contribution in [0.15, 0.2) is 24.3 Å². The van der Waals surface area contributed by atoms with Gasteiger partial charge in [0, 0.05) is 31.0 Å². The van der Waals surface area contributed by atoms with Crippen molar-refractivity contribution >= 4 is 5.78 Å². The Hall–Kier alpha value is -1.15. The molecule has 102 valence electrons. The highest BCUT2D eigenvalue weighted by Crippen LogP contribution is 2.38. The van der Waals surface area contributed by atoms with E-state index in [-0.39, 0.29) is 0 Å². The fourth-order valence-corrected chi connectivity index (χ4v) is 3.86. The average molecular weight is 257 g/mol. The third kappa shape index (κ3) is 2.46. The number of ketones is 1. The quantitative estimate of drug-likeness (QED) is 0.806. The second kappa shape index (κ2) is 5.09. The molecule has 0 aliphatic carbocycles. The first-order valence-corrected chi connectivity index (χ1v) is 7.51. The molecule has 0 aromatic heterocycles. The van der Waals surface area contributed by atoms with Gasteiger partial charge >= 0.3 is 0 Å². The highest BCUT2D eigenvalue weighted by atomic mass is 16.1. The zero-order valence-corrected chi connectivity index (χ0v) is 11.9. The van der Waals surface area contributed by atoms with Gasteiger partial charge in [-0.05, 0) is 32.3 Å². The predicted molar refractivity (Wildman–Crippen MR) is 77.1 cm³/mol. The molecule has 0 saturated carbocycles. The normalized spacial score (nSPS) is 29.3. The molecule has 2 heteroatoms. The summed E-state index contributed by atoms with van der Waals surface area (Å²) in [6.07, 6.45) is 5.22. The van der Waals surface area contributed by atoms with Gasteiger partial charge in [-0.3, -0.25) is 9.69 Å². The number of hydrogen-bond donors (Lipinski definition) is 0. The Morgan fingerprint density at radius 3 is 2.26 bits per heavy atom. The Kier molecular flexibility index (Phi) is 3.44. The molecule has 19 heavy (non-hydrogen) atoms. The molecule has 3 unspecified atom stereocenters. The fourth-order valence-electron chi connectivity index (χ4n) is 3.86. The minimum atomic E-state index is 0.434. The lowest BCUT2D eigenvalue weighted by molar-refractivity contribution is -0.128. The summed E-state index contributed by atoms with van der Waals surface area (Å²) in [7, 11) is 0. The summed E-state index contributed by atoms with van der Waals surface area (Å²) in [6.45, 7) is 4.43. The van der Waals surface area contributed by atoms with Gasteiger partial charge in [0.15, 0.2) is 0 Å². The molecule has 0 spiro atoms. The van der Waals surface area contributed by atoms with E-state index in [9.17, 15) is 4.79 Å². The number of rotatable bonds is 2. The third-order valence-corrected chi connectivity index (χ3v) is 4.85. The number of Topliss-reactive ketones (excluding diaryl/α,β-unsaturated/α-hetero) is 1. The van der Waals surface area contributed by atoms with E-state index in [4.69, 9.17) is 0 Å². The van der Waals surface area contributed by atoms with Gasteiger partial charge in [-0.2, -0.15) is 0 Å². The molecule has 2 saturated heterocycles. The molecule has 2 bridgehead atoms. The van der Waals surface area contributed by atoms with Crippen molar-refractivity contribution < 1.29 is 4.79 Å². The third-order valence-electron chi connectivity index (χ3n) is 4.85. The van der Waals surface area contributed by atoms with Gasteiger partial charge < -0.3 is 0 Å². The van der Waals surface area contributed by atoms with Gasteiger partial charge in [0.05, 0.1) is 0 Å². The maximum atomic E-state index is 11.8. The molecule has 0 amide bonds. The Morgan fingerprint density at radius 2 is 1.68 bits per heavy atom. The topological polar surface area (TPSA) is 20.3 Å². The van der Waals surface area contributed by atoms with E-state index in [2.05, 4.69) is 43.0 Å². The summed E-state index contributed by atoms with van der Waals surface area (Å²) in [5.74, 6) is 0.474. The minimum Gasteiger partial charge on any atom is -0.300 e. The Balaban J connectivity index is 1.84. The van der Waals surface area contributed by atoms with Crippen molar-refractivity contribution in [3.8, 4) is 0 Å². The number of fused-ring (bicyclic) bond motifs is 2. The first kappa shape index (κ1) is 12.9. The zero-order chi connectivity index (χ0) is 13.4. The zero-order valence-electron chi connectivity index (χ0n) is 11.9. The molecule has 1 aromatic carbocycles. The Bertz CT molecular complexity index is 449. The monoisotopic (exact) mass is 257 g/mol. The van der Waals surface area contributed by atoms with Crippen LogP contribution < -0.4 is 0 Å². The molecule has 2 aliphatic heterocycles. The number of hydrogen-bond acceptors (Lipinski definition) is 2. The number of carbonyl (C=O) groups excluding carboxylic acids is 1. The fraction of sp³-hybridized carbons (Fsp3) is 0.588. The summed E-state index contributed by atoms with van der Waals surface area (Å²) < 4.78 is 0. The molecule has 2 fully saturated rings. The second-order valence-electron chi connectivity index (χ2n) is 6.22. The lowest BCUT2D eigenvalue weighted by Crippen LogP contribution is -2.53. The maximum Gasteiger partial charge on any atom is 0.136 e. The molecule has 3 atom stereocenters. The van der Waals surface area contributed by atoms with Crippen molar-refractivity contribution in [1.29, 1.82) is 0 Å². The number of nitrogens with zero attached hydrogens (tertiary/aromatic N) is 1. The van der Waals surface area contributed by atoms with E-state index in [0.717, 1.165) is 12.8 Å². The van der Waals surface area contributed by atoms with Crippen molar-refractivity contribution in [2.24, 2.45) is 0 Å².